The Kier molecular flexibility index (Phi) is 6.28. The predicted octanol–water partition coefficient (Wildman–Crippen LogP) is 5.27. The molecule has 0 saturated carbocycles. The van der Waals surface area contributed by atoms with E-state index in [4.69, 9.17) is 16.3 Å². The van der Waals surface area contributed by atoms with Gasteiger partial charge in [-0.1, -0.05) is 30.7 Å². The van der Waals surface area contributed by atoms with Crippen LogP contribution in [-0.4, -0.2) is 16.5 Å². The number of hydrogen-bond acceptors (Lipinski definition) is 5. The van der Waals surface area contributed by atoms with Gasteiger partial charge in [-0.25, -0.2) is 4.98 Å². The van der Waals surface area contributed by atoms with E-state index in [9.17, 15) is 0 Å². The van der Waals surface area contributed by atoms with Crippen LogP contribution in [0.4, 0.5) is 17.5 Å². The number of hydrogen-bond donors (Lipinski definition) is 2. The van der Waals surface area contributed by atoms with Crippen LogP contribution in [0, 0.1) is 0 Å². The van der Waals surface area contributed by atoms with Gasteiger partial charge in [0.05, 0.1) is 0 Å². The molecular weight excluding hydrogens is 348 g/mol. The summed E-state index contributed by atoms with van der Waals surface area (Å²) in [5.41, 5.74) is 1.97. The molecule has 3 rings (SSSR count). The number of nitrogens with one attached hydrogen (secondary N) is 2. The van der Waals surface area contributed by atoms with E-state index in [2.05, 4.69) is 27.5 Å². The van der Waals surface area contributed by atoms with Crippen molar-refractivity contribution in [1.29, 1.82) is 0 Å². The quantitative estimate of drug-likeness (QED) is 0.566. The van der Waals surface area contributed by atoms with E-state index in [0.717, 1.165) is 40.8 Å². The highest BCUT2D eigenvalue weighted by molar-refractivity contribution is 6.30. The summed E-state index contributed by atoms with van der Waals surface area (Å²) in [5, 5.41) is 7.16. The van der Waals surface area contributed by atoms with Gasteiger partial charge < -0.3 is 15.4 Å². The van der Waals surface area contributed by atoms with E-state index in [-0.39, 0.29) is 0 Å². The van der Waals surface area contributed by atoms with Gasteiger partial charge in [-0.15, -0.1) is 0 Å². The smallest absolute Gasteiger partial charge is 0.229 e. The van der Waals surface area contributed by atoms with Crippen LogP contribution in [-0.2, 0) is 6.61 Å². The van der Waals surface area contributed by atoms with Gasteiger partial charge in [0.15, 0.2) is 0 Å². The van der Waals surface area contributed by atoms with Crippen molar-refractivity contribution in [3.63, 3.8) is 0 Å². The number of anilines is 3. The van der Waals surface area contributed by atoms with Gasteiger partial charge in [0.2, 0.25) is 5.95 Å². The number of ether oxygens (including phenoxy) is 1. The van der Waals surface area contributed by atoms with Crippen molar-refractivity contribution in [2.45, 2.75) is 20.0 Å². The van der Waals surface area contributed by atoms with Crippen molar-refractivity contribution in [3.05, 3.63) is 71.4 Å². The number of halogens is 1. The van der Waals surface area contributed by atoms with Crippen molar-refractivity contribution in [2.75, 3.05) is 17.2 Å². The first-order valence-corrected chi connectivity index (χ1v) is 8.92. The lowest BCUT2D eigenvalue weighted by molar-refractivity contribution is 0.306. The lowest BCUT2D eigenvalue weighted by Gasteiger charge is -2.09. The third kappa shape index (κ3) is 5.36. The first-order chi connectivity index (χ1) is 12.7. The van der Waals surface area contributed by atoms with Crippen LogP contribution < -0.4 is 15.4 Å². The monoisotopic (exact) mass is 368 g/mol. The van der Waals surface area contributed by atoms with Gasteiger partial charge in [0.1, 0.15) is 18.2 Å². The van der Waals surface area contributed by atoms with E-state index in [1.54, 1.807) is 6.20 Å². The Labute approximate surface area is 158 Å². The number of benzene rings is 2. The van der Waals surface area contributed by atoms with E-state index in [0.29, 0.717) is 12.6 Å². The van der Waals surface area contributed by atoms with Crippen molar-refractivity contribution in [3.8, 4) is 5.75 Å². The third-order valence-corrected chi connectivity index (χ3v) is 3.89. The number of aromatic nitrogens is 2. The van der Waals surface area contributed by atoms with Gasteiger partial charge in [-0.2, -0.15) is 4.98 Å². The molecule has 0 spiro atoms. The van der Waals surface area contributed by atoms with Crippen LogP contribution in [0.3, 0.4) is 0 Å². The molecule has 134 valence electrons. The molecule has 0 fully saturated rings. The van der Waals surface area contributed by atoms with Crippen molar-refractivity contribution < 1.29 is 4.74 Å². The molecule has 0 aliphatic rings. The summed E-state index contributed by atoms with van der Waals surface area (Å²) in [6, 6.07) is 17.2. The second-order valence-electron chi connectivity index (χ2n) is 5.76. The van der Waals surface area contributed by atoms with Gasteiger partial charge in [0.25, 0.3) is 0 Å². The van der Waals surface area contributed by atoms with E-state index in [1.165, 1.54) is 0 Å². The SMILES string of the molecule is CCCNc1ccnc(Nc2ccc(OCc3ccc(Cl)cc3)cc2)n1. The molecule has 1 aromatic heterocycles. The minimum Gasteiger partial charge on any atom is -0.489 e. The lowest BCUT2D eigenvalue weighted by Crippen LogP contribution is -2.04. The van der Waals surface area contributed by atoms with Crippen LogP contribution >= 0.6 is 11.6 Å². The normalized spacial score (nSPS) is 10.4. The molecule has 0 bridgehead atoms. The summed E-state index contributed by atoms with van der Waals surface area (Å²) in [7, 11) is 0. The summed E-state index contributed by atoms with van der Waals surface area (Å²) in [6.07, 6.45) is 2.78. The molecule has 1 heterocycles. The molecule has 2 N–H and O–H groups in total. The topological polar surface area (TPSA) is 59.1 Å². The highest BCUT2D eigenvalue weighted by Crippen LogP contribution is 2.20. The maximum atomic E-state index is 5.89. The maximum absolute atomic E-state index is 5.89. The molecule has 2 aromatic carbocycles. The van der Waals surface area contributed by atoms with Gasteiger partial charge in [-0.3, -0.25) is 0 Å². The first-order valence-electron chi connectivity index (χ1n) is 8.54. The Morgan fingerprint density at radius 1 is 1.00 bits per heavy atom. The summed E-state index contributed by atoms with van der Waals surface area (Å²) in [4.78, 5) is 8.68. The Balaban J connectivity index is 1.56. The zero-order valence-corrected chi connectivity index (χ0v) is 15.3. The first kappa shape index (κ1) is 18.0. The Hall–Kier alpha value is -2.79. The molecule has 0 aliphatic carbocycles. The molecule has 0 saturated heterocycles. The molecule has 3 aromatic rings. The van der Waals surface area contributed by atoms with E-state index >= 15 is 0 Å². The van der Waals surface area contributed by atoms with Crippen LogP contribution in [0.2, 0.25) is 5.02 Å². The predicted molar refractivity (Wildman–Crippen MR) is 106 cm³/mol. The van der Waals surface area contributed by atoms with E-state index < -0.39 is 0 Å². The fraction of sp³-hybridized carbons (Fsp3) is 0.200. The molecule has 26 heavy (non-hydrogen) atoms. The number of nitrogens with zero attached hydrogens (tertiary/aromatic N) is 2. The molecule has 0 amide bonds. The van der Waals surface area contributed by atoms with Crippen molar-refractivity contribution in [2.24, 2.45) is 0 Å². The Morgan fingerprint density at radius 3 is 2.50 bits per heavy atom. The average Bonchev–Trinajstić information content (AvgIpc) is 2.67. The molecule has 0 atom stereocenters. The second kappa shape index (κ2) is 9.06. The highest BCUT2D eigenvalue weighted by Gasteiger charge is 2.01. The molecule has 0 unspecified atom stereocenters. The highest BCUT2D eigenvalue weighted by atomic mass is 35.5. The zero-order chi connectivity index (χ0) is 18.2. The Bertz CT molecular complexity index is 822. The molecule has 0 radical (unpaired) electrons. The molecule has 0 aliphatic heterocycles. The van der Waals surface area contributed by atoms with Crippen LogP contribution in [0.1, 0.15) is 18.9 Å². The van der Waals surface area contributed by atoms with Crippen molar-refractivity contribution in [1.82, 2.24) is 9.97 Å². The summed E-state index contributed by atoms with van der Waals surface area (Å²) < 4.78 is 5.79. The Morgan fingerprint density at radius 2 is 1.77 bits per heavy atom. The number of rotatable bonds is 8. The molecule has 5 nitrogen and oxygen atoms in total. The summed E-state index contributed by atoms with van der Waals surface area (Å²) in [5.74, 6) is 2.16. The minimum absolute atomic E-state index is 0.498. The summed E-state index contributed by atoms with van der Waals surface area (Å²) >= 11 is 5.89. The second-order valence-corrected chi connectivity index (χ2v) is 6.19. The standard InChI is InChI=1S/C20H21ClN4O/c1-2-12-22-19-11-13-23-20(25-19)24-17-7-9-18(10-8-17)26-14-15-3-5-16(21)6-4-15/h3-11,13H,2,12,14H2,1H3,(H2,22,23,24,25). The largest absolute Gasteiger partial charge is 0.489 e. The van der Waals surface area contributed by atoms with Crippen LogP contribution in [0.5, 0.6) is 5.75 Å². The van der Waals surface area contributed by atoms with Crippen LogP contribution in [0.25, 0.3) is 0 Å². The van der Waals surface area contributed by atoms with Gasteiger partial charge in [-0.05, 0) is 54.4 Å². The van der Waals surface area contributed by atoms with Crippen LogP contribution in [0.15, 0.2) is 60.8 Å². The van der Waals surface area contributed by atoms with Gasteiger partial charge >= 0.3 is 0 Å². The van der Waals surface area contributed by atoms with E-state index in [1.807, 2.05) is 54.6 Å². The lowest BCUT2D eigenvalue weighted by atomic mass is 10.2. The average molecular weight is 369 g/mol. The maximum Gasteiger partial charge on any atom is 0.229 e. The molecular formula is C20H21ClN4O. The fourth-order valence-corrected chi connectivity index (χ4v) is 2.41. The minimum atomic E-state index is 0.498. The van der Waals surface area contributed by atoms with Crippen molar-refractivity contribution >= 4 is 29.1 Å². The zero-order valence-electron chi connectivity index (χ0n) is 14.6. The summed E-state index contributed by atoms with van der Waals surface area (Å²) in [6.45, 7) is 3.50. The molecule has 6 heteroatoms. The fourth-order valence-electron chi connectivity index (χ4n) is 2.28. The van der Waals surface area contributed by atoms with Gasteiger partial charge in [0, 0.05) is 23.5 Å². The third-order valence-electron chi connectivity index (χ3n) is 3.64.